The predicted octanol–water partition coefficient (Wildman–Crippen LogP) is 1.31. The van der Waals surface area contributed by atoms with Gasteiger partial charge in [0.15, 0.2) is 5.65 Å². The van der Waals surface area contributed by atoms with Crippen LogP contribution in [0.4, 0.5) is 0 Å². The van der Waals surface area contributed by atoms with Gasteiger partial charge in [-0.05, 0) is 5.41 Å². The third-order valence-electron chi connectivity index (χ3n) is 3.00. The van der Waals surface area contributed by atoms with Crippen LogP contribution < -0.4 is 0 Å². The van der Waals surface area contributed by atoms with Gasteiger partial charge in [0.25, 0.3) is 0 Å². The molecule has 0 saturated heterocycles. The van der Waals surface area contributed by atoms with Crippen molar-refractivity contribution in [3.63, 3.8) is 0 Å². The Hall–Kier alpha value is -1.49. The fourth-order valence-corrected chi connectivity index (χ4v) is 1.66. The molecule has 17 heavy (non-hydrogen) atoms. The molecule has 5 nitrogen and oxygen atoms in total. The zero-order valence-corrected chi connectivity index (χ0v) is 10.7. The van der Waals surface area contributed by atoms with Crippen molar-refractivity contribution in [2.45, 2.75) is 33.3 Å². The smallest absolute Gasteiger partial charge is 0.161 e. The van der Waals surface area contributed by atoms with Crippen LogP contribution in [0.2, 0.25) is 0 Å². The summed E-state index contributed by atoms with van der Waals surface area (Å²) in [6.07, 6.45) is 3.36. The lowest BCUT2D eigenvalue weighted by atomic mass is 9.86. The number of fused-ring (bicyclic) bond motifs is 1. The van der Waals surface area contributed by atoms with Crippen LogP contribution in [0.25, 0.3) is 11.0 Å². The van der Waals surface area contributed by atoms with E-state index in [1.54, 1.807) is 10.9 Å². The van der Waals surface area contributed by atoms with Crippen molar-refractivity contribution >= 4 is 11.0 Å². The lowest BCUT2D eigenvalue weighted by Gasteiger charge is -2.25. The first-order valence-electron chi connectivity index (χ1n) is 5.69. The first kappa shape index (κ1) is 12.0. The monoisotopic (exact) mass is 234 g/mol. The second kappa shape index (κ2) is 4.07. The van der Waals surface area contributed by atoms with E-state index < -0.39 is 6.10 Å². The fourth-order valence-electron chi connectivity index (χ4n) is 1.66. The highest BCUT2D eigenvalue weighted by Crippen LogP contribution is 2.24. The molecule has 2 aromatic rings. The molecule has 5 heteroatoms. The van der Waals surface area contributed by atoms with Crippen LogP contribution in [0.3, 0.4) is 0 Å². The van der Waals surface area contributed by atoms with Crippen molar-refractivity contribution in [1.29, 1.82) is 0 Å². The second-order valence-corrected chi connectivity index (χ2v) is 5.41. The quantitative estimate of drug-likeness (QED) is 0.851. The third kappa shape index (κ3) is 2.29. The maximum absolute atomic E-state index is 10.1. The number of hydrogen-bond acceptors (Lipinski definition) is 4. The lowest BCUT2D eigenvalue weighted by molar-refractivity contribution is 0.0630. The molecule has 0 aromatic carbocycles. The predicted molar refractivity (Wildman–Crippen MR) is 65.5 cm³/mol. The summed E-state index contributed by atoms with van der Waals surface area (Å²) in [4.78, 5) is 8.43. The van der Waals surface area contributed by atoms with Gasteiger partial charge in [-0.3, -0.25) is 4.68 Å². The Kier molecular flexibility index (Phi) is 2.87. The number of aliphatic hydroxyl groups excluding tert-OH is 1. The van der Waals surface area contributed by atoms with Gasteiger partial charge in [0.1, 0.15) is 6.33 Å². The summed E-state index contributed by atoms with van der Waals surface area (Å²) in [6.45, 7) is 6.04. The molecule has 1 N–H and O–H groups in total. The zero-order chi connectivity index (χ0) is 12.6. The minimum Gasteiger partial charge on any atom is -0.392 e. The van der Waals surface area contributed by atoms with Crippen molar-refractivity contribution in [3.05, 3.63) is 18.2 Å². The number of aliphatic hydroxyl groups is 1. The zero-order valence-electron chi connectivity index (χ0n) is 10.7. The van der Waals surface area contributed by atoms with Crippen LogP contribution in [0.5, 0.6) is 0 Å². The molecule has 0 amide bonds. The van der Waals surface area contributed by atoms with E-state index in [-0.39, 0.29) is 5.41 Å². The molecule has 1 unspecified atom stereocenters. The Morgan fingerprint density at radius 3 is 2.71 bits per heavy atom. The van der Waals surface area contributed by atoms with Crippen molar-refractivity contribution in [3.8, 4) is 0 Å². The average molecular weight is 234 g/mol. The van der Waals surface area contributed by atoms with Crippen molar-refractivity contribution in [1.82, 2.24) is 19.7 Å². The molecule has 0 fully saturated rings. The molecule has 2 rings (SSSR count). The summed E-state index contributed by atoms with van der Waals surface area (Å²) in [5.74, 6) is 0. The fraction of sp³-hybridized carbons (Fsp3) is 0.583. The third-order valence-corrected chi connectivity index (χ3v) is 3.00. The van der Waals surface area contributed by atoms with E-state index in [9.17, 15) is 5.11 Å². The van der Waals surface area contributed by atoms with E-state index in [1.807, 2.05) is 27.8 Å². The summed E-state index contributed by atoms with van der Waals surface area (Å²) in [5, 5.41) is 15.2. The van der Waals surface area contributed by atoms with Crippen LogP contribution in [-0.2, 0) is 13.5 Å². The van der Waals surface area contributed by atoms with Crippen LogP contribution in [-0.4, -0.2) is 31.0 Å². The normalized spacial score (nSPS) is 14.2. The highest BCUT2D eigenvalue weighted by molar-refractivity contribution is 5.76. The Labute approximate surface area is 101 Å². The molecule has 2 aromatic heterocycles. The molecule has 0 saturated carbocycles. The molecule has 1 atom stereocenters. The van der Waals surface area contributed by atoms with E-state index in [0.717, 1.165) is 16.7 Å². The second-order valence-electron chi connectivity index (χ2n) is 5.41. The summed E-state index contributed by atoms with van der Waals surface area (Å²) in [5.41, 5.74) is 1.50. The van der Waals surface area contributed by atoms with Gasteiger partial charge in [-0.25, -0.2) is 9.97 Å². The lowest BCUT2D eigenvalue weighted by Crippen LogP contribution is -2.28. The highest BCUT2D eigenvalue weighted by atomic mass is 16.3. The Morgan fingerprint density at radius 1 is 1.35 bits per heavy atom. The van der Waals surface area contributed by atoms with E-state index in [1.165, 1.54) is 6.33 Å². The molecular weight excluding hydrogens is 216 g/mol. The van der Waals surface area contributed by atoms with Crippen LogP contribution in [0.1, 0.15) is 26.5 Å². The first-order chi connectivity index (χ1) is 7.89. The SMILES string of the molecule is Cn1ncc2c(CC(O)C(C)(C)C)ncnc21. The molecule has 2 heterocycles. The van der Waals surface area contributed by atoms with Crippen LogP contribution >= 0.6 is 0 Å². The maximum Gasteiger partial charge on any atom is 0.161 e. The van der Waals surface area contributed by atoms with Crippen LogP contribution in [0.15, 0.2) is 12.5 Å². The maximum atomic E-state index is 10.1. The summed E-state index contributed by atoms with van der Waals surface area (Å²) < 4.78 is 1.71. The molecule has 0 bridgehead atoms. The Balaban J connectivity index is 2.37. The van der Waals surface area contributed by atoms with Gasteiger partial charge in [0, 0.05) is 13.5 Å². The molecule has 0 aliphatic carbocycles. The Morgan fingerprint density at radius 2 is 2.06 bits per heavy atom. The van der Waals surface area contributed by atoms with E-state index in [0.29, 0.717) is 6.42 Å². The number of hydrogen-bond donors (Lipinski definition) is 1. The van der Waals surface area contributed by atoms with Gasteiger partial charge >= 0.3 is 0 Å². The number of nitrogens with zero attached hydrogens (tertiary/aromatic N) is 4. The molecule has 0 spiro atoms. The molecular formula is C12H18N4O. The highest BCUT2D eigenvalue weighted by Gasteiger charge is 2.24. The minimum absolute atomic E-state index is 0.153. The van der Waals surface area contributed by atoms with E-state index in [2.05, 4.69) is 15.1 Å². The summed E-state index contributed by atoms with van der Waals surface area (Å²) >= 11 is 0. The molecule has 0 aliphatic rings. The van der Waals surface area contributed by atoms with E-state index >= 15 is 0 Å². The van der Waals surface area contributed by atoms with Gasteiger partial charge in [-0.1, -0.05) is 20.8 Å². The van der Waals surface area contributed by atoms with Gasteiger partial charge in [0.2, 0.25) is 0 Å². The van der Waals surface area contributed by atoms with Gasteiger partial charge in [0.05, 0.1) is 23.4 Å². The summed E-state index contributed by atoms with van der Waals surface area (Å²) in [6, 6.07) is 0. The number of aromatic nitrogens is 4. The first-order valence-corrected chi connectivity index (χ1v) is 5.69. The minimum atomic E-state index is -0.430. The summed E-state index contributed by atoms with van der Waals surface area (Å²) in [7, 11) is 1.85. The van der Waals surface area contributed by atoms with Crippen molar-refractivity contribution in [2.24, 2.45) is 12.5 Å². The Bertz CT molecular complexity index is 527. The van der Waals surface area contributed by atoms with Gasteiger partial charge < -0.3 is 5.11 Å². The van der Waals surface area contributed by atoms with Gasteiger partial charge in [-0.15, -0.1) is 0 Å². The molecule has 0 aliphatic heterocycles. The number of rotatable bonds is 2. The van der Waals surface area contributed by atoms with Gasteiger partial charge in [-0.2, -0.15) is 5.10 Å². The topological polar surface area (TPSA) is 63.8 Å². The standard InChI is InChI=1S/C12H18N4O/c1-12(2,3)10(17)5-9-8-6-15-16(4)11(8)14-7-13-9/h6-7,10,17H,5H2,1-4H3. The van der Waals surface area contributed by atoms with E-state index in [4.69, 9.17) is 0 Å². The average Bonchev–Trinajstić information content (AvgIpc) is 2.60. The van der Waals surface area contributed by atoms with Crippen molar-refractivity contribution in [2.75, 3.05) is 0 Å². The van der Waals surface area contributed by atoms with Crippen LogP contribution in [0, 0.1) is 5.41 Å². The molecule has 92 valence electrons. The largest absolute Gasteiger partial charge is 0.392 e. The van der Waals surface area contributed by atoms with Crippen molar-refractivity contribution < 1.29 is 5.11 Å². The number of aryl methyl sites for hydroxylation is 1. The molecule has 0 radical (unpaired) electrons.